The molecule has 2 rings (SSSR count). The zero-order valence-corrected chi connectivity index (χ0v) is 11.2. The summed E-state index contributed by atoms with van der Waals surface area (Å²) in [5.74, 6) is -0.218. The van der Waals surface area contributed by atoms with Crippen LogP contribution in [0.4, 0.5) is 4.39 Å². The molecule has 0 unspecified atom stereocenters. The zero-order valence-electron chi connectivity index (χ0n) is 9.63. The van der Waals surface area contributed by atoms with Gasteiger partial charge in [-0.05, 0) is 33.6 Å². The second kappa shape index (κ2) is 5.76. The molecule has 4 heteroatoms. The van der Waals surface area contributed by atoms with E-state index in [1.165, 1.54) is 0 Å². The van der Waals surface area contributed by atoms with Gasteiger partial charge in [0.15, 0.2) is 0 Å². The van der Waals surface area contributed by atoms with E-state index in [-0.39, 0.29) is 11.9 Å². The van der Waals surface area contributed by atoms with Crippen LogP contribution in [0.25, 0.3) is 0 Å². The fourth-order valence-electron chi connectivity index (χ4n) is 2.15. The number of nitrogens with one attached hydrogen (secondary N) is 1. The van der Waals surface area contributed by atoms with Crippen molar-refractivity contribution in [2.45, 2.75) is 6.04 Å². The Morgan fingerprint density at radius 3 is 2.71 bits per heavy atom. The number of hydrogen-bond acceptors (Lipinski definition) is 2. The highest BCUT2D eigenvalue weighted by molar-refractivity contribution is 9.10. The normalized spacial score (nSPS) is 18.9. The molecule has 1 N–H and O–H groups in total. The van der Waals surface area contributed by atoms with E-state index in [2.05, 4.69) is 32.7 Å². The van der Waals surface area contributed by atoms with Crippen molar-refractivity contribution in [3.8, 4) is 0 Å². The Labute approximate surface area is 110 Å². The summed E-state index contributed by atoms with van der Waals surface area (Å²) < 4.78 is 14.0. The maximum absolute atomic E-state index is 13.5. The first kappa shape index (κ1) is 12.7. The number of nitrogens with zero attached hydrogens (tertiary/aromatic N) is 1. The lowest BCUT2D eigenvalue weighted by Gasteiger charge is -2.33. The summed E-state index contributed by atoms with van der Waals surface area (Å²) in [7, 11) is 0. The highest BCUT2D eigenvalue weighted by atomic mass is 79.9. The van der Waals surface area contributed by atoms with Crippen LogP contribution in [0.1, 0.15) is 11.6 Å². The molecule has 0 radical (unpaired) electrons. The van der Waals surface area contributed by atoms with Crippen molar-refractivity contribution in [1.29, 1.82) is 0 Å². The van der Waals surface area contributed by atoms with Gasteiger partial charge in [0.1, 0.15) is 5.82 Å². The molecule has 1 saturated heterocycles. The Balaban J connectivity index is 2.21. The summed E-state index contributed by atoms with van der Waals surface area (Å²) in [5, 5.41) is 3.31. The van der Waals surface area contributed by atoms with Gasteiger partial charge in [-0.1, -0.05) is 12.1 Å². The van der Waals surface area contributed by atoms with E-state index in [4.69, 9.17) is 0 Å². The first-order valence-electron chi connectivity index (χ1n) is 5.74. The topological polar surface area (TPSA) is 15.3 Å². The monoisotopic (exact) mass is 298 g/mol. The Hall–Kier alpha value is -0.710. The maximum Gasteiger partial charge on any atom is 0.137 e. The number of hydrogen-bond donors (Lipinski definition) is 1. The molecule has 1 fully saturated rings. The Morgan fingerprint density at radius 2 is 2.12 bits per heavy atom. The van der Waals surface area contributed by atoms with Crippen LogP contribution < -0.4 is 5.32 Å². The predicted octanol–water partition coefficient (Wildman–Crippen LogP) is 2.72. The molecule has 0 bridgehead atoms. The lowest BCUT2D eigenvalue weighted by Crippen LogP contribution is -2.44. The summed E-state index contributed by atoms with van der Waals surface area (Å²) in [6.45, 7) is 7.75. The first-order valence-corrected chi connectivity index (χ1v) is 6.54. The summed E-state index contributed by atoms with van der Waals surface area (Å²) in [4.78, 5) is 2.31. The molecule has 0 spiro atoms. The molecule has 1 heterocycles. The van der Waals surface area contributed by atoms with Gasteiger partial charge in [0.05, 0.1) is 10.5 Å². The third kappa shape index (κ3) is 2.94. The minimum atomic E-state index is -0.218. The number of piperazine rings is 1. The Kier molecular flexibility index (Phi) is 4.31. The molecule has 2 nitrogen and oxygen atoms in total. The summed E-state index contributed by atoms with van der Waals surface area (Å²) in [5.41, 5.74) is 0.961. The van der Waals surface area contributed by atoms with Crippen LogP contribution in [0.15, 0.2) is 35.3 Å². The van der Waals surface area contributed by atoms with Gasteiger partial charge in [-0.25, -0.2) is 4.39 Å². The maximum atomic E-state index is 13.5. The predicted molar refractivity (Wildman–Crippen MR) is 71.5 cm³/mol. The SMILES string of the molecule is C=C[C@H](c1ccc(Br)c(F)c1)N1CCNCC1. The van der Waals surface area contributed by atoms with Gasteiger partial charge in [-0.3, -0.25) is 4.90 Å². The molecule has 0 amide bonds. The lowest BCUT2D eigenvalue weighted by molar-refractivity contribution is 0.203. The van der Waals surface area contributed by atoms with Crippen LogP contribution in [0.2, 0.25) is 0 Å². The minimum absolute atomic E-state index is 0.0969. The standard InChI is InChI=1S/C13H16BrFN2/c1-2-13(17-7-5-16-6-8-17)10-3-4-11(14)12(15)9-10/h2-4,9,13,16H,1,5-8H2/t13-/m1/s1. The smallest absolute Gasteiger partial charge is 0.137 e. The molecule has 1 aromatic carbocycles. The Bertz CT molecular complexity index is 402. The van der Waals surface area contributed by atoms with Crippen LogP contribution in [0.3, 0.4) is 0 Å². The number of rotatable bonds is 3. The molecule has 0 aliphatic carbocycles. The van der Waals surface area contributed by atoms with Crippen LogP contribution in [-0.4, -0.2) is 31.1 Å². The lowest BCUT2D eigenvalue weighted by atomic mass is 10.0. The summed E-state index contributed by atoms with van der Waals surface area (Å²) >= 11 is 3.17. The van der Waals surface area contributed by atoms with Gasteiger partial charge in [-0.2, -0.15) is 0 Å². The van der Waals surface area contributed by atoms with E-state index < -0.39 is 0 Å². The van der Waals surface area contributed by atoms with Crippen molar-refractivity contribution in [2.24, 2.45) is 0 Å². The third-order valence-corrected chi connectivity index (χ3v) is 3.70. The van der Waals surface area contributed by atoms with E-state index in [0.717, 1.165) is 31.7 Å². The molecule has 1 aliphatic heterocycles. The third-order valence-electron chi connectivity index (χ3n) is 3.05. The molecule has 17 heavy (non-hydrogen) atoms. The number of halogens is 2. The van der Waals surface area contributed by atoms with Gasteiger partial charge in [-0.15, -0.1) is 6.58 Å². The van der Waals surface area contributed by atoms with Crippen LogP contribution >= 0.6 is 15.9 Å². The molecular weight excluding hydrogens is 283 g/mol. The number of benzene rings is 1. The largest absolute Gasteiger partial charge is 0.314 e. The molecule has 92 valence electrons. The van der Waals surface area contributed by atoms with Crippen molar-refractivity contribution >= 4 is 15.9 Å². The van der Waals surface area contributed by atoms with Crippen molar-refractivity contribution in [3.63, 3.8) is 0 Å². The van der Waals surface area contributed by atoms with E-state index in [0.29, 0.717) is 4.47 Å². The van der Waals surface area contributed by atoms with Crippen LogP contribution in [0, 0.1) is 5.82 Å². The van der Waals surface area contributed by atoms with Crippen molar-refractivity contribution < 1.29 is 4.39 Å². The highest BCUT2D eigenvalue weighted by Gasteiger charge is 2.19. The fraction of sp³-hybridized carbons (Fsp3) is 0.385. The van der Waals surface area contributed by atoms with Gasteiger partial charge >= 0.3 is 0 Å². The summed E-state index contributed by atoms with van der Waals surface area (Å²) in [6.07, 6.45) is 1.88. The minimum Gasteiger partial charge on any atom is -0.314 e. The average molecular weight is 299 g/mol. The fourth-order valence-corrected chi connectivity index (χ4v) is 2.40. The van der Waals surface area contributed by atoms with Crippen molar-refractivity contribution in [2.75, 3.05) is 26.2 Å². The van der Waals surface area contributed by atoms with Gasteiger partial charge in [0, 0.05) is 26.2 Å². The molecule has 0 saturated carbocycles. The quantitative estimate of drug-likeness (QED) is 0.863. The molecule has 1 aliphatic rings. The second-order valence-electron chi connectivity index (χ2n) is 4.14. The summed E-state index contributed by atoms with van der Waals surface area (Å²) in [6, 6.07) is 5.38. The molecule has 1 atom stereocenters. The van der Waals surface area contributed by atoms with E-state index in [1.54, 1.807) is 12.1 Å². The van der Waals surface area contributed by atoms with Gasteiger partial charge in [0.25, 0.3) is 0 Å². The average Bonchev–Trinajstić information content (AvgIpc) is 2.36. The van der Waals surface area contributed by atoms with Crippen molar-refractivity contribution in [1.82, 2.24) is 10.2 Å². The Morgan fingerprint density at radius 1 is 1.41 bits per heavy atom. The molecular formula is C13H16BrFN2. The molecule has 0 aromatic heterocycles. The van der Waals surface area contributed by atoms with E-state index in [1.807, 2.05) is 12.1 Å². The van der Waals surface area contributed by atoms with Crippen LogP contribution in [0.5, 0.6) is 0 Å². The van der Waals surface area contributed by atoms with Gasteiger partial charge < -0.3 is 5.32 Å². The zero-order chi connectivity index (χ0) is 12.3. The highest BCUT2D eigenvalue weighted by Crippen LogP contribution is 2.25. The van der Waals surface area contributed by atoms with Gasteiger partial charge in [0.2, 0.25) is 0 Å². The van der Waals surface area contributed by atoms with Crippen LogP contribution in [-0.2, 0) is 0 Å². The van der Waals surface area contributed by atoms with E-state index >= 15 is 0 Å². The second-order valence-corrected chi connectivity index (χ2v) is 4.99. The first-order chi connectivity index (χ1) is 8.22. The molecule has 1 aromatic rings. The van der Waals surface area contributed by atoms with Crippen molar-refractivity contribution in [3.05, 3.63) is 46.7 Å². The van der Waals surface area contributed by atoms with E-state index in [9.17, 15) is 4.39 Å².